The molecule has 1 amide bonds. The van der Waals surface area contributed by atoms with Gasteiger partial charge in [0.05, 0.1) is 0 Å². The van der Waals surface area contributed by atoms with Gasteiger partial charge in [-0.1, -0.05) is 32.0 Å². The number of aryl methyl sites for hydroxylation is 1. The molecular weight excluding hydrogens is 252 g/mol. The molecule has 1 aromatic carbocycles. The first-order valence-electron chi connectivity index (χ1n) is 6.58. The Kier molecular flexibility index (Phi) is 4.03. The summed E-state index contributed by atoms with van der Waals surface area (Å²) in [6, 6.07) is 10.7. The summed E-state index contributed by atoms with van der Waals surface area (Å²) in [6.07, 6.45) is 0. The zero-order chi connectivity index (χ0) is 14.7. The average molecular weight is 270 g/mol. The molecule has 1 heterocycles. The molecule has 0 radical (unpaired) electrons. The Morgan fingerprint density at radius 2 is 1.90 bits per heavy atom. The first kappa shape index (κ1) is 14.1. The van der Waals surface area contributed by atoms with Crippen molar-refractivity contribution in [3.05, 3.63) is 63.6 Å². The molecule has 104 valence electrons. The van der Waals surface area contributed by atoms with E-state index in [0.717, 1.165) is 11.3 Å². The van der Waals surface area contributed by atoms with Crippen LogP contribution in [0.15, 0.2) is 41.2 Å². The van der Waals surface area contributed by atoms with Gasteiger partial charge in [0.1, 0.15) is 0 Å². The van der Waals surface area contributed by atoms with Crippen molar-refractivity contribution < 1.29 is 4.79 Å². The molecule has 2 rings (SSSR count). The normalized spacial score (nSPS) is 10.6. The quantitative estimate of drug-likeness (QED) is 0.900. The van der Waals surface area contributed by atoms with Crippen molar-refractivity contribution in [1.82, 2.24) is 4.98 Å². The van der Waals surface area contributed by atoms with E-state index in [-0.39, 0.29) is 11.5 Å². The van der Waals surface area contributed by atoms with Crippen LogP contribution in [0.3, 0.4) is 0 Å². The lowest BCUT2D eigenvalue weighted by molar-refractivity contribution is 0.102. The number of rotatable bonds is 3. The SMILES string of the molecule is Cc1cc(C(=O)Nc2ccccc2C(C)C)cc(=O)[nH]1. The summed E-state index contributed by atoms with van der Waals surface area (Å²) in [5.74, 6) is 0.0414. The molecule has 0 aliphatic heterocycles. The second kappa shape index (κ2) is 5.74. The van der Waals surface area contributed by atoms with Crippen LogP contribution >= 0.6 is 0 Å². The third kappa shape index (κ3) is 3.15. The molecule has 4 heteroatoms. The summed E-state index contributed by atoms with van der Waals surface area (Å²) >= 11 is 0. The van der Waals surface area contributed by atoms with Crippen molar-refractivity contribution in [2.45, 2.75) is 26.7 Å². The van der Waals surface area contributed by atoms with E-state index in [0.29, 0.717) is 17.2 Å². The second-order valence-electron chi connectivity index (χ2n) is 5.11. The lowest BCUT2D eigenvalue weighted by Gasteiger charge is -2.13. The molecule has 0 saturated heterocycles. The smallest absolute Gasteiger partial charge is 0.255 e. The van der Waals surface area contributed by atoms with Gasteiger partial charge in [-0.15, -0.1) is 0 Å². The first-order chi connectivity index (χ1) is 9.47. The number of nitrogens with one attached hydrogen (secondary N) is 2. The fourth-order valence-corrected chi connectivity index (χ4v) is 2.12. The summed E-state index contributed by atoms with van der Waals surface area (Å²) in [5, 5.41) is 2.87. The maximum Gasteiger partial charge on any atom is 0.255 e. The summed E-state index contributed by atoms with van der Waals surface area (Å²) in [4.78, 5) is 26.3. The molecule has 2 N–H and O–H groups in total. The van der Waals surface area contributed by atoms with Crippen molar-refractivity contribution in [1.29, 1.82) is 0 Å². The molecule has 20 heavy (non-hydrogen) atoms. The number of anilines is 1. The standard InChI is InChI=1S/C16H18N2O2/c1-10(2)13-6-4-5-7-14(13)18-16(20)12-8-11(3)17-15(19)9-12/h4-10H,1-3H3,(H,17,19)(H,18,20). The molecule has 0 unspecified atom stereocenters. The van der Waals surface area contributed by atoms with Gasteiger partial charge >= 0.3 is 0 Å². The molecule has 1 aromatic heterocycles. The van der Waals surface area contributed by atoms with E-state index >= 15 is 0 Å². The van der Waals surface area contributed by atoms with Crippen LogP contribution in [0, 0.1) is 6.92 Å². The van der Waals surface area contributed by atoms with E-state index < -0.39 is 0 Å². The number of amides is 1. The monoisotopic (exact) mass is 270 g/mol. The van der Waals surface area contributed by atoms with Gasteiger partial charge in [-0.2, -0.15) is 0 Å². The minimum Gasteiger partial charge on any atom is -0.326 e. The highest BCUT2D eigenvalue weighted by atomic mass is 16.2. The Hall–Kier alpha value is -2.36. The minimum atomic E-state index is -0.271. The van der Waals surface area contributed by atoms with Crippen molar-refractivity contribution in [2.24, 2.45) is 0 Å². The van der Waals surface area contributed by atoms with Crippen molar-refractivity contribution in [3.8, 4) is 0 Å². The van der Waals surface area contributed by atoms with Gasteiger partial charge in [0.25, 0.3) is 5.91 Å². The van der Waals surface area contributed by atoms with E-state index in [9.17, 15) is 9.59 Å². The van der Waals surface area contributed by atoms with Crippen LogP contribution in [0.4, 0.5) is 5.69 Å². The van der Waals surface area contributed by atoms with E-state index in [1.54, 1.807) is 13.0 Å². The van der Waals surface area contributed by atoms with E-state index in [1.165, 1.54) is 6.07 Å². The topological polar surface area (TPSA) is 62.0 Å². The third-order valence-electron chi connectivity index (χ3n) is 3.07. The van der Waals surface area contributed by atoms with Crippen molar-refractivity contribution in [3.63, 3.8) is 0 Å². The number of carbonyl (C=O) groups excluding carboxylic acids is 1. The third-order valence-corrected chi connectivity index (χ3v) is 3.07. The van der Waals surface area contributed by atoms with E-state index in [2.05, 4.69) is 24.1 Å². The van der Waals surface area contributed by atoms with Crippen molar-refractivity contribution in [2.75, 3.05) is 5.32 Å². The van der Waals surface area contributed by atoms with Crippen molar-refractivity contribution >= 4 is 11.6 Å². The van der Waals surface area contributed by atoms with E-state index in [4.69, 9.17) is 0 Å². The fourth-order valence-electron chi connectivity index (χ4n) is 2.12. The molecule has 0 fully saturated rings. The predicted octanol–water partition coefficient (Wildman–Crippen LogP) is 3.06. The number of aromatic amines is 1. The first-order valence-corrected chi connectivity index (χ1v) is 6.58. The number of carbonyl (C=O) groups is 1. The Labute approximate surface area is 117 Å². The molecule has 0 spiro atoms. The van der Waals surface area contributed by atoms with Gasteiger partial charge < -0.3 is 10.3 Å². The van der Waals surface area contributed by atoms with Crippen LogP contribution in [0.1, 0.15) is 41.4 Å². The predicted molar refractivity (Wildman–Crippen MR) is 80.3 cm³/mol. The zero-order valence-electron chi connectivity index (χ0n) is 11.9. The number of para-hydroxylation sites is 1. The van der Waals surface area contributed by atoms with Crippen LogP contribution in [-0.2, 0) is 0 Å². The molecule has 0 aliphatic carbocycles. The van der Waals surface area contributed by atoms with E-state index in [1.807, 2.05) is 24.3 Å². The number of pyridine rings is 1. The van der Waals surface area contributed by atoms with Crippen LogP contribution in [0.25, 0.3) is 0 Å². The van der Waals surface area contributed by atoms with Crippen LogP contribution in [0.5, 0.6) is 0 Å². The molecule has 0 aliphatic rings. The fraction of sp³-hybridized carbons (Fsp3) is 0.250. The Morgan fingerprint density at radius 1 is 1.20 bits per heavy atom. The number of aromatic nitrogens is 1. The largest absolute Gasteiger partial charge is 0.326 e. The van der Waals surface area contributed by atoms with Gasteiger partial charge in [-0.3, -0.25) is 9.59 Å². The number of H-pyrrole nitrogens is 1. The Balaban J connectivity index is 2.30. The maximum atomic E-state index is 12.2. The van der Waals surface area contributed by atoms with Crippen LogP contribution in [-0.4, -0.2) is 10.9 Å². The second-order valence-corrected chi connectivity index (χ2v) is 5.11. The summed E-state index contributed by atoms with van der Waals surface area (Å²) in [6.45, 7) is 5.89. The lowest BCUT2D eigenvalue weighted by Crippen LogP contribution is -2.17. The number of benzene rings is 1. The number of hydrogen-bond donors (Lipinski definition) is 2. The summed E-state index contributed by atoms with van der Waals surface area (Å²) < 4.78 is 0. The zero-order valence-corrected chi connectivity index (χ0v) is 11.9. The van der Waals surface area contributed by atoms with Gasteiger partial charge in [-0.25, -0.2) is 0 Å². The lowest BCUT2D eigenvalue weighted by atomic mass is 10.0. The molecule has 0 saturated carbocycles. The number of hydrogen-bond acceptors (Lipinski definition) is 2. The highest BCUT2D eigenvalue weighted by Gasteiger charge is 2.11. The van der Waals surface area contributed by atoms with Crippen LogP contribution < -0.4 is 10.9 Å². The van der Waals surface area contributed by atoms with Gasteiger partial charge in [0.15, 0.2) is 0 Å². The van der Waals surface area contributed by atoms with Gasteiger partial charge in [0, 0.05) is 23.0 Å². The Morgan fingerprint density at radius 3 is 2.55 bits per heavy atom. The van der Waals surface area contributed by atoms with Gasteiger partial charge in [0.2, 0.25) is 5.56 Å². The van der Waals surface area contributed by atoms with Gasteiger partial charge in [-0.05, 0) is 30.5 Å². The average Bonchev–Trinajstić information content (AvgIpc) is 2.37. The summed E-state index contributed by atoms with van der Waals surface area (Å²) in [5.41, 5.74) is 2.62. The summed E-state index contributed by atoms with van der Waals surface area (Å²) in [7, 11) is 0. The molecular formula is C16H18N2O2. The molecule has 2 aromatic rings. The molecule has 0 atom stereocenters. The molecule has 0 bridgehead atoms. The maximum absolute atomic E-state index is 12.2. The Bertz CT molecular complexity index is 687. The highest BCUT2D eigenvalue weighted by Crippen LogP contribution is 2.24. The van der Waals surface area contributed by atoms with Crippen LogP contribution in [0.2, 0.25) is 0 Å². The highest BCUT2D eigenvalue weighted by molar-refractivity contribution is 6.04. The molecule has 4 nitrogen and oxygen atoms in total. The minimum absolute atomic E-state index is 0.271.